The van der Waals surface area contributed by atoms with Crippen molar-refractivity contribution in [3.8, 4) is 0 Å². The molecule has 0 aromatic carbocycles. The number of carboxylic acids is 1. The molecule has 0 saturated carbocycles. The standard InChI is InChI=1S/C13H16N2O4/c1-8-9(2)19-7-6-15(8)12(16)10-4-3-5-11(14-10)13(17)18/h3-5,8-9H,6-7H2,1-2H3,(H,17,18). The Bertz CT molecular complexity index is 503. The van der Waals surface area contributed by atoms with Gasteiger partial charge in [0.05, 0.1) is 18.8 Å². The van der Waals surface area contributed by atoms with E-state index in [1.165, 1.54) is 18.2 Å². The Hall–Kier alpha value is -1.95. The number of hydrogen-bond donors (Lipinski definition) is 1. The van der Waals surface area contributed by atoms with Crippen LogP contribution in [0.15, 0.2) is 18.2 Å². The lowest BCUT2D eigenvalue weighted by Crippen LogP contribution is -2.51. The van der Waals surface area contributed by atoms with Crippen LogP contribution in [-0.2, 0) is 4.74 Å². The highest BCUT2D eigenvalue weighted by atomic mass is 16.5. The SMILES string of the molecule is CC1OCCN(C(=O)c2cccc(C(=O)O)n2)C1C. The lowest BCUT2D eigenvalue weighted by molar-refractivity contribution is -0.0442. The lowest BCUT2D eigenvalue weighted by atomic mass is 10.1. The molecule has 1 aromatic heterocycles. The normalized spacial score (nSPS) is 23.2. The lowest BCUT2D eigenvalue weighted by Gasteiger charge is -2.37. The van der Waals surface area contributed by atoms with Crippen LogP contribution in [0.4, 0.5) is 0 Å². The number of morpholine rings is 1. The molecule has 1 N–H and O–H groups in total. The zero-order chi connectivity index (χ0) is 14.0. The number of rotatable bonds is 2. The number of nitrogens with zero attached hydrogens (tertiary/aromatic N) is 2. The number of amides is 1. The van der Waals surface area contributed by atoms with Crippen molar-refractivity contribution in [1.29, 1.82) is 0 Å². The third-order valence-electron chi connectivity index (χ3n) is 3.33. The number of carboxylic acid groups (broad SMARTS) is 1. The van der Waals surface area contributed by atoms with Gasteiger partial charge in [-0.15, -0.1) is 0 Å². The second-order valence-corrected chi connectivity index (χ2v) is 4.53. The van der Waals surface area contributed by atoms with E-state index in [9.17, 15) is 9.59 Å². The number of carbonyl (C=O) groups is 2. The summed E-state index contributed by atoms with van der Waals surface area (Å²) in [5.41, 5.74) is 0.0284. The fraction of sp³-hybridized carbons (Fsp3) is 0.462. The van der Waals surface area contributed by atoms with Gasteiger partial charge in [0.25, 0.3) is 5.91 Å². The van der Waals surface area contributed by atoms with E-state index in [4.69, 9.17) is 9.84 Å². The van der Waals surface area contributed by atoms with Gasteiger partial charge in [-0.2, -0.15) is 0 Å². The molecule has 0 spiro atoms. The minimum atomic E-state index is -1.14. The molecular formula is C13H16N2O4. The largest absolute Gasteiger partial charge is 0.477 e. The fourth-order valence-corrected chi connectivity index (χ4v) is 2.04. The first-order valence-corrected chi connectivity index (χ1v) is 6.13. The Morgan fingerprint density at radius 1 is 1.37 bits per heavy atom. The average molecular weight is 264 g/mol. The number of aromatic nitrogens is 1. The van der Waals surface area contributed by atoms with Crippen LogP contribution in [0, 0.1) is 0 Å². The Labute approximate surface area is 111 Å². The van der Waals surface area contributed by atoms with Crippen molar-refractivity contribution in [2.75, 3.05) is 13.2 Å². The van der Waals surface area contributed by atoms with Crippen LogP contribution in [0.1, 0.15) is 34.8 Å². The third kappa shape index (κ3) is 2.73. The van der Waals surface area contributed by atoms with Gasteiger partial charge in [0.15, 0.2) is 0 Å². The first kappa shape index (κ1) is 13.5. The van der Waals surface area contributed by atoms with Crippen LogP contribution < -0.4 is 0 Å². The van der Waals surface area contributed by atoms with Gasteiger partial charge >= 0.3 is 5.97 Å². The number of ether oxygens (including phenoxy) is 1. The van der Waals surface area contributed by atoms with Crippen molar-refractivity contribution in [3.05, 3.63) is 29.6 Å². The van der Waals surface area contributed by atoms with Crippen LogP contribution in [0.3, 0.4) is 0 Å². The molecule has 19 heavy (non-hydrogen) atoms. The summed E-state index contributed by atoms with van der Waals surface area (Å²) in [7, 11) is 0. The quantitative estimate of drug-likeness (QED) is 0.863. The van der Waals surface area contributed by atoms with E-state index in [2.05, 4.69) is 4.98 Å². The number of pyridine rings is 1. The molecule has 0 bridgehead atoms. The zero-order valence-corrected chi connectivity index (χ0v) is 10.9. The van der Waals surface area contributed by atoms with Gasteiger partial charge < -0.3 is 14.7 Å². The summed E-state index contributed by atoms with van der Waals surface area (Å²) in [4.78, 5) is 28.8. The Morgan fingerprint density at radius 3 is 2.74 bits per heavy atom. The molecule has 1 saturated heterocycles. The van der Waals surface area contributed by atoms with Crippen molar-refractivity contribution in [1.82, 2.24) is 9.88 Å². The van der Waals surface area contributed by atoms with E-state index < -0.39 is 5.97 Å². The molecule has 1 aliphatic rings. The molecule has 0 aliphatic carbocycles. The first-order valence-electron chi connectivity index (χ1n) is 6.13. The molecule has 1 aromatic rings. The summed E-state index contributed by atoms with van der Waals surface area (Å²) >= 11 is 0. The second kappa shape index (κ2) is 5.36. The number of aromatic carboxylic acids is 1. The van der Waals surface area contributed by atoms with E-state index in [1.807, 2.05) is 13.8 Å². The highest BCUT2D eigenvalue weighted by Crippen LogP contribution is 2.16. The van der Waals surface area contributed by atoms with E-state index in [1.54, 1.807) is 4.90 Å². The molecule has 2 unspecified atom stereocenters. The van der Waals surface area contributed by atoms with Gasteiger partial charge in [-0.3, -0.25) is 4.79 Å². The van der Waals surface area contributed by atoms with Crippen LogP contribution in [0.2, 0.25) is 0 Å². The molecule has 6 nitrogen and oxygen atoms in total. The summed E-state index contributed by atoms with van der Waals surface area (Å²) in [5, 5.41) is 8.89. The first-order chi connectivity index (χ1) is 9.00. The summed E-state index contributed by atoms with van der Waals surface area (Å²) in [6.07, 6.45) is -0.0413. The maximum Gasteiger partial charge on any atom is 0.354 e. The second-order valence-electron chi connectivity index (χ2n) is 4.53. The van der Waals surface area contributed by atoms with Gasteiger partial charge in [0, 0.05) is 6.54 Å². The smallest absolute Gasteiger partial charge is 0.354 e. The van der Waals surface area contributed by atoms with Gasteiger partial charge in [-0.25, -0.2) is 9.78 Å². The number of carbonyl (C=O) groups excluding carboxylic acids is 1. The molecule has 0 radical (unpaired) electrons. The predicted molar refractivity (Wildman–Crippen MR) is 67.1 cm³/mol. The van der Waals surface area contributed by atoms with Crippen molar-refractivity contribution >= 4 is 11.9 Å². The van der Waals surface area contributed by atoms with Gasteiger partial charge in [-0.1, -0.05) is 6.07 Å². The van der Waals surface area contributed by atoms with Crippen LogP contribution in [-0.4, -0.2) is 52.2 Å². The fourth-order valence-electron chi connectivity index (χ4n) is 2.04. The van der Waals surface area contributed by atoms with Crippen molar-refractivity contribution in [3.63, 3.8) is 0 Å². The monoisotopic (exact) mass is 264 g/mol. The van der Waals surface area contributed by atoms with Crippen molar-refractivity contribution in [2.24, 2.45) is 0 Å². The van der Waals surface area contributed by atoms with Crippen LogP contribution >= 0.6 is 0 Å². The van der Waals surface area contributed by atoms with E-state index >= 15 is 0 Å². The minimum absolute atomic E-state index is 0.0413. The topological polar surface area (TPSA) is 79.7 Å². The molecule has 102 valence electrons. The predicted octanol–water partition coefficient (Wildman–Crippen LogP) is 1.03. The molecule has 1 amide bonds. The molecule has 2 atom stereocenters. The van der Waals surface area contributed by atoms with E-state index in [-0.39, 0.29) is 29.4 Å². The molecule has 2 heterocycles. The van der Waals surface area contributed by atoms with Crippen LogP contribution in [0.25, 0.3) is 0 Å². The summed E-state index contributed by atoms with van der Waals surface area (Å²) < 4.78 is 5.46. The summed E-state index contributed by atoms with van der Waals surface area (Å²) in [5.74, 6) is -1.40. The molecule has 1 fully saturated rings. The molecular weight excluding hydrogens is 248 g/mol. The van der Waals surface area contributed by atoms with E-state index in [0.717, 1.165) is 0 Å². The molecule has 1 aliphatic heterocycles. The van der Waals surface area contributed by atoms with Gasteiger partial charge in [0.1, 0.15) is 11.4 Å². The Kier molecular flexibility index (Phi) is 3.80. The van der Waals surface area contributed by atoms with Crippen LogP contribution in [0.5, 0.6) is 0 Å². The Morgan fingerprint density at radius 2 is 2.05 bits per heavy atom. The molecule has 6 heteroatoms. The highest BCUT2D eigenvalue weighted by Gasteiger charge is 2.30. The molecule has 2 rings (SSSR count). The van der Waals surface area contributed by atoms with Gasteiger partial charge in [0.2, 0.25) is 0 Å². The third-order valence-corrected chi connectivity index (χ3v) is 3.33. The summed E-state index contributed by atoms with van der Waals surface area (Å²) in [6, 6.07) is 4.36. The maximum atomic E-state index is 12.3. The zero-order valence-electron chi connectivity index (χ0n) is 10.9. The summed E-state index contributed by atoms with van der Waals surface area (Å²) in [6.45, 7) is 4.78. The van der Waals surface area contributed by atoms with Crippen molar-refractivity contribution in [2.45, 2.75) is 26.0 Å². The van der Waals surface area contributed by atoms with Gasteiger partial charge in [-0.05, 0) is 26.0 Å². The highest BCUT2D eigenvalue weighted by molar-refractivity contribution is 5.94. The van der Waals surface area contributed by atoms with Crippen molar-refractivity contribution < 1.29 is 19.4 Å². The average Bonchev–Trinajstić information content (AvgIpc) is 2.41. The minimum Gasteiger partial charge on any atom is -0.477 e. The Balaban J connectivity index is 2.23. The van der Waals surface area contributed by atoms with E-state index in [0.29, 0.717) is 13.2 Å². The number of hydrogen-bond acceptors (Lipinski definition) is 4. The maximum absolute atomic E-state index is 12.3.